The molecule has 16 heavy (non-hydrogen) atoms. The van der Waals surface area contributed by atoms with Gasteiger partial charge in [-0.1, -0.05) is 13.3 Å². The molecule has 0 fully saturated rings. The van der Waals surface area contributed by atoms with Crippen molar-refractivity contribution in [3.63, 3.8) is 0 Å². The van der Waals surface area contributed by atoms with Crippen molar-refractivity contribution < 1.29 is 19.2 Å². The summed E-state index contributed by atoms with van der Waals surface area (Å²) in [5.41, 5.74) is 0. The Labute approximate surface area is 91.7 Å². The Hall–Kier alpha value is -2.10. The van der Waals surface area contributed by atoms with Crippen molar-refractivity contribution in [2.24, 2.45) is 0 Å². The number of aliphatic carboxylic acids is 1. The van der Waals surface area contributed by atoms with Crippen molar-refractivity contribution in [1.82, 2.24) is 5.32 Å². The zero-order valence-corrected chi connectivity index (χ0v) is 12.7. The first kappa shape index (κ1) is 19.5. The molecule has 0 bridgehead atoms. The van der Waals surface area contributed by atoms with Crippen molar-refractivity contribution in [2.45, 2.75) is 19.8 Å². The molecule has 0 saturated heterocycles. The van der Waals surface area contributed by atoms with Gasteiger partial charge in [0.1, 0.15) is 0 Å². The molecule has 0 aromatic heterocycles. The van der Waals surface area contributed by atoms with Gasteiger partial charge in [0.25, 0.3) is 0 Å². The first-order valence-corrected chi connectivity index (χ1v) is 4.95. The minimum absolute atomic E-state index is 0. The van der Waals surface area contributed by atoms with Crippen LogP contribution in [0.1, 0.15) is 19.8 Å². The number of rotatable bonds is 6. The predicted octanol–water partition coefficient (Wildman–Crippen LogP) is 0.221. The Morgan fingerprint density at radius 1 is 1.38 bits per heavy atom. The third-order valence-electron chi connectivity index (χ3n) is 1.49. The van der Waals surface area contributed by atoms with Gasteiger partial charge in [-0.25, -0.2) is 0 Å². The van der Waals surface area contributed by atoms with Crippen LogP contribution >= 0.6 is 0 Å². The van der Waals surface area contributed by atoms with Crippen LogP contribution < -0.4 is 5.32 Å². The largest absolute Gasteiger partial charge is 0.521 e. The Balaban J connectivity index is -0.000000200. The predicted molar refractivity (Wildman–Crippen MR) is 59.1 cm³/mol. The van der Waals surface area contributed by atoms with E-state index in [9.17, 15) is 9.59 Å². The van der Waals surface area contributed by atoms with Gasteiger partial charge in [0.15, 0.2) is 0 Å². The fourth-order valence-corrected chi connectivity index (χ4v) is 0.744. The van der Waals surface area contributed by atoms with Crippen molar-refractivity contribution in [3.8, 4) is 0 Å². The number of carboxylic acid groups (broad SMARTS) is 1. The molecule has 6 heteroatoms. The first-order valence-electron chi connectivity index (χ1n) is 4.95. The first-order chi connectivity index (χ1) is 6.83. The van der Waals surface area contributed by atoms with Gasteiger partial charge in [0.2, 0.25) is 0 Å². The number of hydrogen-bond acceptors (Lipinski definition) is 2. The Morgan fingerprint density at radius 3 is 2.00 bits per heavy atom. The molecule has 2 N–H and O–H groups in total. The van der Waals surface area contributed by atoms with Gasteiger partial charge in [-0.15, -0.1) is 0 Å². The fourth-order valence-electron chi connectivity index (χ4n) is 0.744. The van der Waals surface area contributed by atoms with Crippen LogP contribution in [0.25, 0.3) is 0 Å². The molecule has 0 radical (unpaired) electrons. The molecule has 0 unspecified atom stereocenters. The summed E-state index contributed by atoms with van der Waals surface area (Å²) in [7, 11) is 6.70. The van der Waals surface area contributed by atoms with E-state index in [2.05, 4.69) is 28.1 Å². The number of hydrogen-bond donors (Lipinski definition) is 2. The van der Waals surface area contributed by atoms with Gasteiger partial charge in [-0.3, -0.25) is 4.79 Å². The number of nitrogens with zero attached hydrogens (tertiary/aromatic N) is 1. The van der Waals surface area contributed by atoms with Crippen LogP contribution in [0.15, 0.2) is 0 Å². The zero-order valence-electron chi connectivity index (χ0n) is 10.3. The van der Waals surface area contributed by atoms with Gasteiger partial charge in [-0.05, 0) is 6.42 Å². The summed E-state index contributed by atoms with van der Waals surface area (Å²) in [6.07, 6.45) is 3.88. The Morgan fingerprint density at radius 2 is 1.88 bits per heavy atom. The Bertz CT molecular complexity index is 181. The van der Waals surface area contributed by atoms with E-state index >= 15 is 0 Å². The third kappa shape index (κ3) is 29.7. The fraction of sp³-hybridized carbons (Fsp3) is 0.800. The van der Waals surface area contributed by atoms with E-state index < -0.39 is 5.97 Å². The summed E-state index contributed by atoms with van der Waals surface area (Å²) >= 11 is 0. The van der Waals surface area contributed by atoms with Gasteiger partial charge in [0.05, 0.1) is 34.2 Å². The van der Waals surface area contributed by atoms with Crippen molar-refractivity contribution in [1.29, 1.82) is 0 Å². The van der Waals surface area contributed by atoms with Crippen LogP contribution in [0.4, 0.5) is 0 Å². The van der Waals surface area contributed by atoms with Crippen LogP contribution in [0.2, 0.25) is 0 Å². The number of quaternary nitrogens is 1. The maximum Gasteiger partial charge on any atom is 0.320 e. The molecular weight excluding hydrogens is 453 g/mol. The van der Waals surface area contributed by atoms with Crippen LogP contribution in [-0.2, 0) is 9.59 Å². The number of amides is 1. The summed E-state index contributed by atoms with van der Waals surface area (Å²) in [5, 5.41) is 9.65. The van der Waals surface area contributed by atoms with Crippen molar-refractivity contribution in [2.75, 3.05) is 34.2 Å². The van der Waals surface area contributed by atoms with Gasteiger partial charge in [-0.2, -0.15) is 6.41 Å². The van der Waals surface area contributed by atoms with Crippen molar-refractivity contribution in [3.05, 3.63) is 0 Å². The second-order valence-corrected chi connectivity index (χ2v) is 4.22. The van der Waals surface area contributed by atoms with E-state index in [0.717, 1.165) is 4.48 Å². The second kappa shape index (κ2) is 11.0. The molecular formula is C10H22FmN2O3. The Kier molecular flexibility index (Phi) is 13.4. The molecule has 0 saturated carbocycles. The number of carboxylic acids is 1. The maximum absolute atomic E-state index is 9.52. The minimum atomic E-state index is -1.07. The van der Waals surface area contributed by atoms with Gasteiger partial charge in [0, 0.05) is 0 Å². The standard InChI is InChI=1S/C7H18N.C3H4NO3.Fm/c1-5-6-7-8(2,3)4;5-2-4-1-3(6)7;/h5-7H2,1-4H3;1H2,(H,4,5)(H,6,7);/q+1;-1;. The molecule has 0 atom stereocenters. The molecule has 1 amide bonds. The number of carbonyl (C=O) groups excluding carboxylic acids is 1. The number of nitrogens with one attached hydrogen (secondary N) is 1. The average Bonchev–Trinajstić information content (AvgIpc) is 2.11. The summed E-state index contributed by atoms with van der Waals surface area (Å²) < 4.78 is 1.10. The monoisotopic (exact) mass is 475 g/mol. The molecule has 102 valence electrons. The number of unbranched alkanes of at least 4 members (excludes halogenated alkanes) is 1. The van der Waals surface area contributed by atoms with E-state index in [1.165, 1.54) is 25.8 Å². The summed E-state index contributed by atoms with van der Waals surface area (Å²) in [6.45, 7) is 3.18. The van der Waals surface area contributed by atoms with E-state index in [1.807, 2.05) is 5.32 Å². The molecule has 0 aliphatic heterocycles. The van der Waals surface area contributed by atoms with E-state index in [-0.39, 0.29) is 6.54 Å². The molecule has 0 rings (SSSR count). The topological polar surface area (TPSA) is 66.4 Å². The van der Waals surface area contributed by atoms with Crippen molar-refractivity contribution >= 4 is 12.4 Å². The third-order valence-corrected chi connectivity index (χ3v) is 1.49. The van der Waals surface area contributed by atoms with E-state index in [4.69, 9.17) is 5.11 Å². The molecule has 0 aromatic carbocycles. The molecule has 0 spiro atoms. The smallest absolute Gasteiger partial charge is 0.320 e. The molecule has 0 aromatic rings. The SMILES string of the molecule is CCCC[N+](C)(C)C.O=[C-]NCC(=O)O.[Fm]. The van der Waals surface area contributed by atoms with Crippen LogP contribution in [0.3, 0.4) is 0 Å². The van der Waals surface area contributed by atoms with Crippen LogP contribution in [0.5, 0.6) is 0 Å². The summed E-state index contributed by atoms with van der Waals surface area (Å²) in [6, 6.07) is 0. The average molecular weight is 475 g/mol. The van der Waals surface area contributed by atoms with Crippen LogP contribution in [-0.4, -0.2) is 56.2 Å². The van der Waals surface area contributed by atoms with E-state index in [0.29, 0.717) is 0 Å². The maximum atomic E-state index is 9.52. The second-order valence-electron chi connectivity index (χ2n) is 4.22. The normalized spacial score (nSPS) is 9.25. The molecule has 0 aliphatic rings. The van der Waals surface area contributed by atoms with Gasteiger partial charge < -0.3 is 19.7 Å². The molecule has 0 heterocycles. The summed E-state index contributed by atoms with van der Waals surface area (Å²) in [4.78, 5) is 18.7. The quantitative estimate of drug-likeness (QED) is 0.328. The van der Waals surface area contributed by atoms with E-state index in [1.54, 1.807) is 0 Å². The number of carbonyl (C=O) groups is 1. The van der Waals surface area contributed by atoms with Crippen LogP contribution in [0, 0.1) is 0 Å². The van der Waals surface area contributed by atoms with Gasteiger partial charge >= 0.3 is 5.97 Å². The minimum Gasteiger partial charge on any atom is -0.521 e. The molecule has 5 nitrogen and oxygen atoms in total. The zero-order chi connectivity index (χ0) is 12.3. The molecule has 0 aliphatic carbocycles. The summed E-state index contributed by atoms with van der Waals surface area (Å²) in [5.74, 6) is -1.07.